The van der Waals surface area contributed by atoms with Gasteiger partial charge in [0.2, 0.25) is 0 Å². The molecular formula is C18H20O5S2. The van der Waals surface area contributed by atoms with Gasteiger partial charge in [-0.3, -0.25) is 4.79 Å². The molecule has 2 aromatic carbocycles. The van der Waals surface area contributed by atoms with E-state index in [1.54, 1.807) is 44.2 Å². The van der Waals surface area contributed by atoms with E-state index >= 15 is 0 Å². The number of hydrogen-bond donors (Lipinski definition) is 1. The van der Waals surface area contributed by atoms with Crippen molar-refractivity contribution in [1.82, 2.24) is 0 Å². The predicted molar refractivity (Wildman–Crippen MR) is 98.3 cm³/mol. The third-order valence-electron chi connectivity index (χ3n) is 3.94. The predicted octanol–water partition coefficient (Wildman–Crippen LogP) is 2.52. The van der Waals surface area contributed by atoms with Crippen molar-refractivity contribution >= 4 is 26.3 Å². The molecule has 0 spiro atoms. The highest BCUT2D eigenvalue weighted by atomic mass is 32.3. The number of carbonyl (C=O) groups excluding carboxylic acids is 1. The molecule has 2 aromatic rings. The van der Waals surface area contributed by atoms with E-state index in [9.17, 15) is 21.6 Å². The largest absolute Gasteiger partial charge is 0.292 e. The first-order chi connectivity index (χ1) is 11.6. The van der Waals surface area contributed by atoms with Gasteiger partial charge in [-0.05, 0) is 37.5 Å². The summed E-state index contributed by atoms with van der Waals surface area (Å²) in [5.74, 6) is -0.618. The van der Waals surface area contributed by atoms with Crippen LogP contribution in [0.15, 0.2) is 42.5 Å². The van der Waals surface area contributed by atoms with E-state index in [1.807, 2.05) is 6.92 Å². The van der Waals surface area contributed by atoms with Crippen LogP contribution in [0.5, 0.6) is 0 Å². The molecular weight excluding hydrogens is 360 g/mol. The van der Waals surface area contributed by atoms with Gasteiger partial charge in [-0.1, -0.05) is 48.0 Å². The topological polar surface area (TPSA) is 85.3 Å². The van der Waals surface area contributed by atoms with Crippen molar-refractivity contribution in [3.05, 3.63) is 70.3 Å². The lowest BCUT2D eigenvalue weighted by atomic mass is 9.93. The number of carbonyl (C=O) groups is 1. The Labute approximate surface area is 149 Å². The minimum atomic E-state index is -4.23. The summed E-state index contributed by atoms with van der Waals surface area (Å²) in [6.45, 7) is 5.33. The van der Waals surface area contributed by atoms with E-state index in [-0.39, 0.29) is 5.56 Å². The molecule has 7 heteroatoms. The molecule has 0 bridgehead atoms. The zero-order chi connectivity index (χ0) is 18.8. The maximum atomic E-state index is 13.0. The maximum Gasteiger partial charge on any atom is 0.185 e. The molecule has 1 unspecified atom stereocenters. The molecule has 2 rings (SSSR count). The van der Waals surface area contributed by atoms with Gasteiger partial charge in [-0.2, -0.15) is 0 Å². The van der Waals surface area contributed by atoms with Crippen molar-refractivity contribution in [3.8, 4) is 0 Å². The van der Waals surface area contributed by atoms with Crippen molar-refractivity contribution in [2.75, 3.05) is 5.08 Å². The Morgan fingerprint density at radius 2 is 1.52 bits per heavy atom. The molecule has 0 aliphatic carbocycles. The van der Waals surface area contributed by atoms with Gasteiger partial charge < -0.3 is 0 Å². The fourth-order valence-electron chi connectivity index (χ4n) is 3.05. The number of benzene rings is 2. The summed E-state index contributed by atoms with van der Waals surface area (Å²) in [6, 6.07) is 11.6. The molecule has 0 aliphatic heterocycles. The van der Waals surface area contributed by atoms with E-state index < -0.39 is 36.7 Å². The SMILES string of the molecule is Cc1cc(C)c(C(C(=O)c2ccccc2)S(=O)(=O)C[SH](=O)=O)c(C)c1. The number of ketones is 1. The Hall–Kier alpha value is -1.99. The molecule has 0 saturated heterocycles. The molecule has 0 N–H and O–H groups in total. The van der Waals surface area contributed by atoms with Gasteiger partial charge in [-0.15, -0.1) is 0 Å². The zero-order valence-electron chi connectivity index (χ0n) is 14.2. The van der Waals surface area contributed by atoms with Crippen LogP contribution in [0.1, 0.15) is 37.9 Å². The lowest BCUT2D eigenvalue weighted by Gasteiger charge is -2.21. The van der Waals surface area contributed by atoms with Gasteiger partial charge in [0.1, 0.15) is 0 Å². The second-order valence-electron chi connectivity index (χ2n) is 6.05. The van der Waals surface area contributed by atoms with Crippen LogP contribution < -0.4 is 0 Å². The molecule has 134 valence electrons. The maximum absolute atomic E-state index is 13.0. The first-order valence-corrected chi connectivity index (χ1v) is 10.7. The Morgan fingerprint density at radius 3 is 2.00 bits per heavy atom. The molecule has 5 nitrogen and oxygen atoms in total. The average Bonchev–Trinajstić information content (AvgIpc) is 2.49. The van der Waals surface area contributed by atoms with Gasteiger partial charge in [0, 0.05) is 5.56 Å². The van der Waals surface area contributed by atoms with Crippen LogP contribution >= 0.6 is 0 Å². The van der Waals surface area contributed by atoms with Crippen LogP contribution in [0.4, 0.5) is 0 Å². The normalized spacial score (nSPS) is 13.0. The third-order valence-corrected chi connectivity index (χ3v) is 7.39. The summed E-state index contributed by atoms with van der Waals surface area (Å²) in [5.41, 5.74) is 2.83. The number of Topliss-reactive ketones (excluding diaryl/α,β-unsaturated/α-hetero) is 1. The minimum absolute atomic E-state index is 0.233. The summed E-state index contributed by atoms with van der Waals surface area (Å²) in [7, 11) is -7.40. The monoisotopic (exact) mass is 380 g/mol. The molecule has 1 atom stereocenters. The average molecular weight is 380 g/mol. The van der Waals surface area contributed by atoms with E-state index in [0.717, 1.165) is 5.56 Å². The smallest absolute Gasteiger partial charge is 0.185 e. The Bertz CT molecular complexity index is 943. The molecule has 0 heterocycles. The van der Waals surface area contributed by atoms with Gasteiger partial charge in [-0.25, -0.2) is 16.8 Å². The fourth-order valence-corrected chi connectivity index (χ4v) is 6.02. The Morgan fingerprint density at radius 1 is 1.00 bits per heavy atom. The van der Waals surface area contributed by atoms with Gasteiger partial charge in [0.25, 0.3) is 0 Å². The molecule has 0 radical (unpaired) electrons. The standard InChI is InChI=1S/C18H20O5S2/c1-12-9-13(2)16(14(3)10-12)18(25(22,23)11-24(20)21)17(19)15-7-5-4-6-8-15/h4-10,18,24H,11H2,1-3H3. The van der Waals surface area contributed by atoms with Crippen molar-refractivity contribution < 1.29 is 21.6 Å². The van der Waals surface area contributed by atoms with Crippen LogP contribution in [-0.4, -0.2) is 27.7 Å². The highest BCUT2D eigenvalue weighted by Crippen LogP contribution is 2.33. The summed E-state index contributed by atoms with van der Waals surface area (Å²) >= 11 is 0. The molecule has 0 fully saturated rings. The van der Waals surface area contributed by atoms with Crippen LogP contribution in [0, 0.1) is 20.8 Å². The summed E-state index contributed by atoms with van der Waals surface area (Å²) in [6.07, 6.45) is 0. The van der Waals surface area contributed by atoms with E-state index in [2.05, 4.69) is 0 Å². The number of hydrogen-bond acceptors (Lipinski definition) is 5. The minimum Gasteiger partial charge on any atom is -0.292 e. The molecule has 0 saturated carbocycles. The first-order valence-electron chi connectivity index (χ1n) is 7.64. The highest BCUT2D eigenvalue weighted by molar-refractivity contribution is 8.02. The fraction of sp³-hybridized carbons (Fsp3) is 0.278. The molecule has 0 aromatic heterocycles. The van der Waals surface area contributed by atoms with Crippen molar-refractivity contribution in [3.63, 3.8) is 0 Å². The highest BCUT2D eigenvalue weighted by Gasteiger charge is 2.37. The van der Waals surface area contributed by atoms with Crippen molar-refractivity contribution in [2.24, 2.45) is 0 Å². The first kappa shape index (κ1) is 19.3. The Balaban J connectivity index is 2.72. The van der Waals surface area contributed by atoms with Crippen molar-refractivity contribution in [2.45, 2.75) is 26.0 Å². The lowest BCUT2D eigenvalue weighted by molar-refractivity contribution is 0.0986. The van der Waals surface area contributed by atoms with Gasteiger partial charge in [0.05, 0.1) is 0 Å². The van der Waals surface area contributed by atoms with E-state index in [0.29, 0.717) is 16.7 Å². The van der Waals surface area contributed by atoms with Crippen LogP contribution in [0.25, 0.3) is 0 Å². The molecule has 0 aliphatic rings. The summed E-state index contributed by atoms with van der Waals surface area (Å²) in [4.78, 5) is 13.0. The number of aryl methyl sites for hydroxylation is 3. The summed E-state index contributed by atoms with van der Waals surface area (Å²) < 4.78 is 47.6. The second kappa shape index (κ2) is 7.49. The van der Waals surface area contributed by atoms with Crippen molar-refractivity contribution in [1.29, 1.82) is 0 Å². The number of thiol groups is 1. The van der Waals surface area contributed by atoms with Crippen LogP contribution in [0.2, 0.25) is 0 Å². The van der Waals surface area contributed by atoms with E-state index in [1.165, 1.54) is 12.1 Å². The van der Waals surface area contributed by atoms with Crippen LogP contribution in [0.3, 0.4) is 0 Å². The number of rotatable bonds is 6. The number of sulfone groups is 1. The molecule has 0 amide bonds. The van der Waals surface area contributed by atoms with Gasteiger partial charge >= 0.3 is 0 Å². The third kappa shape index (κ3) is 4.35. The van der Waals surface area contributed by atoms with Crippen LogP contribution in [-0.2, 0) is 20.5 Å². The summed E-state index contributed by atoms with van der Waals surface area (Å²) in [5, 5.41) is -2.60. The van der Waals surface area contributed by atoms with Gasteiger partial charge in [0.15, 0.2) is 36.7 Å². The molecule has 25 heavy (non-hydrogen) atoms. The van der Waals surface area contributed by atoms with E-state index in [4.69, 9.17) is 0 Å². The second-order valence-corrected chi connectivity index (χ2v) is 9.54. The lowest BCUT2D eigenvalue weighted by Crippen LogP contribution is -2.27. The quantitative estimate of drug-likeness (QED) is 0.615. The Kier molecular flexibility index (Phi) is 5.80. The zero-order valence-corrected chi connectivity index (χ0v) is 15.9.